The summed E-state index contributed by atoms with van der Waals surface area (Å²) in [4.78, 5) is 28.8. The zero-order valence-corrected chi connectivity index (χ0v) is 25.5. The second-order valence-electron chi connectivity index (χ2n) is 11.2. The van der Waals surface area contributed by atoms with E-state index in [0.717, 1.165) is 83.7 Å². The van der Waals surface area contributed by atoms with E-state index >= 15 is 0 Å². The van der Waals surface area contributed by atoms with Gasteiger partial charge in [-0.25, -0.2) is 9.97 Å². The molecular weight excluding hydrogens is 538 g/mol. The standard InChI is InChI=1S/C35H39N5O3/c1-8-22-18(3)26-14-27-20(5)24(10-12-34(41)36-7)32(39-27)17-33-25(11-13-35(42)43)21(6)29(40-33)16-31-23(9-2)19(4)28(38-31)15-30(22)37-26/h8-9,14-17,34,36-38,41H,1-2,10-13H2,3-7H3,(H,42,43). The molecule has 0 aromatic carbocycles. The molecule has 3 aromatic heterocycles. The maximum Gasteiger partial charge on any atom is 0.303 e. The van der Waals surface area contributed by atoms with E-state index in [1.165, 1.54) is 0 Å². The fourth-order valence-corrected chi connectivity index (χ4v) is 5.96. The average molecular weight is 578 g/mol. The molecule has 8 heteroatoms. The molecule has 1 unspecified atom stereocenters. The summed E-state index contributed by atoms with van der Waals surface area (Å²) in [5.41, 5.74) is 14.8. The number of aliphatic hydroxyl groups is 1. The predicted octanol–water partition coefficient (Wildman–Crippen LogP) is 7.26. The van der Waals surface area contributed by atoms with Crippen molar-refractivity contribution < 1.29 is 15.0 Å². The van der Waals surface area contributed by atoms with Crippen molar-refractivity contribution in [1.29, 1.82) is 0 Å². The minimum Gasteiger partial charge on any atom is -0.481 e. The number of nitrogens with zero attached hydrogens (tertiary/aromatic N) is 2. The van der Waals surface area contributed by atoms with E-state index in [-0.39, 0.29) is 6.42 Å². The van der Waals surface area contributed by atoms with Gasteiger partial charge < -0.3 is 20.2 Å². The van der Waals surface area contributed by atoms with Crippen LogP contribution in [0.1, 0.15) is 84.6 Å². The second-order valence-corrected chi connectivity index (χ2v) is 11.2. The van der Waals surface area contributed by atoms with Gasteiger partial charge in [-0.05, 0) is 112 Å². The molecule has 5 N–H and O–H groups in total. The number of fused-ring (bicyclic) bond motifs is 8. The molecule has 8 nitrogen and oxygen atoms in total. The number of aliphatic hydroxyl groups excluding tert-OH is 1. The Morgan fingerprint density at radius 1 is 0.814 bits per heavy atom. The second kappa shape index (κ2) is 12.0. The molecule has 2 aliphatic rings. The van der Waals surface area contributed by atoms with Gasteiger partial charge >= 0.3 is 5.97 Å². The lowest BCUT2D eigenvalue weighted by atomic mass is 9.98. The number of hydrogen-bond acceptors (Lipinski definition) is 5. The molecule has 0 spiro atoms. The number of rotatable bonds is 9. The van der Waals surface area contributed by atoms with Gasteiger partial charge in [0.05, 0.1) is 22.8 Å². The van der Waals surface area contributed by atoms with E-state index in [9.17, 15) is 15.0 Å². The van der Waals surface area contributed by atoms with Crippen molar-refractivity contribution in [3.8, 4) is 0 Å². The lowest BCUT2D eigenvalue weighted by molar-refractivity contribution is -0.136. The molecule has 0 aliphatic carbocycles. The van der Waals surface area contributed by atoms with Gasteiger partial charge in [-0.2, -0.15) is 0 Å². The van der Waals surface area contributed by atoms with Crippen LogP contribution < -0.4 is 5.32 Å². The van der Waals surface area contributed by atoms with Crippen LogP contribution in [0.15, 0.2) is 37.4 Å². The van der Waals surface area contributed by atoms with Gasteiger partial charge in [0.2, 0.25) is 0 Å². The van der Waals surface area contributed by atoms with Crippen molar-refractivity contribution in [3.05, 3.63) is 82.5 Å². The van der Waals surface area contributed by atoms with Gasteiger partial charge in [0.15, 0.2) is 0 Å². The molecule has 8 bridgehead atoms. The maximum absolute atomic E-state index is 11.6. The molecule has 222 valence electrons. The Bertz CT molecular complexity index is 1890. The highest BCUT2D eigenvalue weighted by molar-refractivity contribution is 5.96. The number of H-pyrrole nitrogens is 2. The van der Waals surface area contributed by atoms with Crippen LogP contribution in [0.3, 0.4) is 0 Å². The molecule has 2 aliphatic heterocycles. The minimum absolute atomic E-state index is 0.000988. The van der Waals surface area contributed by atoms with Gasteiger partial charge in [0, 0.05) is 39.6 Å². The molecule has 1 atom stereocenters. The number of aromatic nitrogens is 4. The monoisotopic (exact) mass is 577 g/mol. The van der Waals surface area contributed by atoms with Crippen molar-refractivity contribution in [2.75, 3.05) is 7.05 Å². The summed E-state index contributed by atoms with van der Waals surface area (Å²) in [5, 5.41) is 22.7. The molecule has 5 rings (SSSR count). The highest BCUT2D eigenvalue weighted by Gasteiger charge is 2.22. The Morgan fingerprint density at radius 2 is 1.30 bits per heavy atom. The number of carboxylic acids is 1. The quantitative estimate of drug-likeness (QED) is 0.170. The van der Waals surface area contributed by atoms with Crippen LogP contribution in [0, 0.1) is 13.8 Å². The lowest BCUT2D eigenvalue weighted by Gasteiger charge is -2.10. The molecule has 5 heterocycles. The Labute approximate surface area is 251 Å². The van der Waals surface area contributed by atoms with Crippen molar-refractivity contribution in [3.63, 3.8) is 0 Å². The number of allylic oxidation sites excluding steroid dienone is 4. The number of aliphatic carboxylic acids is 1. The number of hydrogen-bond donors (Lipinski definition) is 5. The largest absolute Gasteiger partial charge is 0.481 e. The van der Waals surface area contributed by atoms with Crippen LogP contribution in [-0.2, 0) is 4.79 Å². The molecular formula is C35H39N5O3. The third kappa shape index (κ3) is 5.63. The van der Waals surface area contributed by atoms with E-state index in [1.54, 1.807) is 7.05 Å². The van der Waals surface area contributed by atoms with Crippen molar-refractivity contribution in [2.24, 2.45) is 0 Å². The highest BCUT2D eigenvalue weighted by atomic mass is 16.4. The normalized spacial score (nSPS) is 13.9. The highest BCUT2D eigenvalue weighted by Crippen LogP contribution is 2.38. The zero-order valence-electron chi connectivity index (χ0n) is 25.5. The first kappa shape index (κ1) is 29.9. The third-order valence-corrected chi connectivity index (χ3v) is 8.63. The number of aryl methyl sites for hydroxylation is 2. The van der Waals surface area contributed by atoms with Crippen LogP contribution in [0.25, 0.3) is 56.5 Å². The third-order valence-electron chi connectivity index (χ3n) is 8.63. The predicted molar refractivity (Wildman–Crippen MR) is 177 cm³/mol. The van der Waals surface area contributed by atoms with Gasteiger partial charge in [0.1, 0.15) is 6.23 Å². The molecule has 3 aromatic rings. The molecule has 0 amide bonds. The van der Waals surface area contributed by atoms with Crippen LogP contribution >= 0.6 is 0 Å². The summed E-state index contributed by atoms with van der Waals surface area (Å²) in [6.07, 6.45) is 4.55. The van der Waals surface area contributed by atoms with E-state index in [1.807, 2.05) is 31.2 Å². The summed E-state index contributed by atoms with van der Waals surface area (Å²) >= 11 is 0. The van der Waals surface area contributed by atoms with Crippen LogP contribution in [0.2, 0.25) is 0 Å². The lowest BCUT2D eigenvalue weighted by Crippen LogP contribution is -2.24. The van der Waals surface area contributed by atoms with Gasteiger partial charge in [0.25, 0.3) is 0 Å². The Morgan fingerprint density at radius 3 is 1.81 bits per heavy atom. The SMILES string of the molecule is C=Cc1c(C)c2cc3[nH]c(cc4nc(cc5nc(cc1[nH]2)C(C)=C5CCC(=O)O)C(CCC(O)NC)=C4C)c(C)c3C=C. The van der Waals surface area contributed by atoms with Gasteiger partial charge in [-0.3, -0.25) is 10.1 Å². The van der Waals surface area contributed by atoms with E-state index in [0.29, 0.717) is 25.0 Å². The van der Waals surface area contributed by atoms with Crippen LogP contribution in [-0.4, -0.2) is 49.4 Å². The van der Waals surface area contributed by atoms with Crippen molar-refractivity contribution in [2.45, 2.75) is 59.6 Å². The number of carboxylic acid groups (broad SMARTS) is 1. The smallest absolute Gasteiger partial charge is 0.303 e. The fraction of sp³-hybridized carbons (Fsp3) is 0.286. The summed E-state index contributed by atoms with van der Waals surface area (Å²) in [6, 6.07) is 8.13. The first-order valence-electron chi connectivity index (χ1n) is 14.5. The zero-order chi connectivity index (χ0) is 31.0. The van der Waals surface area contributed by atoms with Gasteiger partial charge in [-0.1, -0.05) is 25.3 Å². The minimum atomic E-state index is -0.857. The Hall–Kier alpha value is -4.53. The topological polar surface area (TPSA) is 127 Å². The fourth-order valence-electron chi connectivity index (χ4n) is 5.96. The molecule has 0 saturated carbocycles. The summed E-state index contributed by atoms with van der Waals surface area (Å²) in [7, 11) is 1.73. The van der Waals surface area contributed by atoms with Crippen LogP contribution in [0.5, 0.6) is 0 Å². The first-order chi connectivity index (χ1) is 20.6. The summed E-state index contributed by atoms with van der Waals surface area (Å²) in [5.74, 6) is -0.857. The maximum atomic E-state index is 11.6. The molecule has 0 radical (unpaired) electrons. The van der Waals surface area contributed by atoms with Crippen LogP contribution in [0.4, 0.5) is 0 Å². The Kier molecular flexibility index (Phi) is 8.35. The van der Waals surface area contributed by atoms with Crippen molar-refractivity contribution >= 4 is 62.5 Å². The first-order valence-corrected chi connectivity index (χ1v) is 14.5. The number of carbonyl (C=O) groups is 1. The van der Waals surface area contributed by atoms with E-state index in [4.69, 9.17) is 9.97 Å². The van der Waals surface area contributed by atoms with E-state index < -0.39 is 12.2 Å². The van der Waals surface area contributed by atoms with Crippen molar-refractivity contribution in [1.82, 2.24) is 25.3 Å². The average Bonchev–Trinajstić information content (AvgIpc) is 3.63. The number of nitrogens with one attached hydrogen (secondary N) is 3. The summed E-state index contributed by atoms with van der Waals surface area (Å²) < 4.78 is 0. The Balaban J connectivity index is 1.90. The van der Waals surface area contributed by atoms with Gasteiger partial charge in [-0.15, -0.1) is 0 Å². The molecule has 0 saturated heterocycles. The number of aromatic amines is 2. The summed E-state index contributed by atoms with van der Waals surface area (Å²) in [6.45, 7) is 16.3. The molecule has 43 heavy (non-hydrogen) atoms. The van der Waals surface area contributed by atoms with E-state index in [2.05, 4.69) is 61.3 Å². The molecule has 0 fully saturated rings.